The Morgan fingerprint density at radius 3 is 2.38 bits per heavy atom. The van der Waals surface area contributed by atoms with Gasteiger partial charge in [-0.25, -0.2) is 4.98 Å². The topological polar surface area (TPSA) is 34.9 Å². The van der Waals surface area contributed by atoms with Crippen molar-refractivity contribution in [3.05, 3.63) is 92.6 Å². The van der Waals surface area contributed by atoms with Crippen molar-refractivity contribution in [2.45, 2.75) is 58.2 Å². The van der Waals surface area contributed by atoms with Crippen molar-refractivity contribution in [2.75, 3.05) is 5.75 Å². The molecule has 4 aromatic rings. The molecule has 0 saturated carbocycles. The van der Waals surface area contributed by atoms with E-state index in [9.17, 15) is 4.79 Å². The molecule has 0 aliphatic heterocycles. The van der Waals surface area contributed by atoms with Crippen LogP contribution < -0.4 is 5.56 Å². The van der Waals surface area contributed by atoms with Gasteiger partial charge in [0.25, 0.3) is 5.56 Å². The van der Waals surface area contributed by atoms with Crippen LogP contribution in [0.1, 0.15) is 48.8 Å². The summed E-state index contributed by atoms with van der Waals surface area (Å²) in [6.45, 7) is 7.57. The van der Waals surface area contributed by atoms with Crippen LogP contribution in [0.15, 0.2) is 70.6 Å². The number of hydrogen-bond acceptors (Lipinski definition) is 4. The highest BCUT2D eigenvalue weighted by Crippen LogP contribution is 2.42. The van der Waals surface area contributed by atoms with Crippen molar-refractivity contribution in [1.29, 1.82) is 0 Å². The van der Waals surface area contributed by atoms with Crippen LogP contribution in [0.4, 0.5) is 0 Å². The normalized spacial score (nSPS) is 16.0. The number of aromatic nitrogens is 2. The van der Waals surface area contributed by atoms with E-state index >= 15 is 0 Å². The molecule has 0 amide bonds. The van der Waals surface area contributed by atoms with E-state index < -0.39 is 0 Å². The molecule has 0 bridgehead atoms. The predicted molar refractivity (Wildman–Crippen MR) is 145 cm³/mol. The van der Waals surface area contributed by atoms with Gasteiger partial charge < -0.3 is 0 Å². The van der Waals surface area contributed by atoms with Gasteiger partial charge in [0.1, 0.15) is 4.83 Å². The number of nitrogens with zero attached hydrogens (tertiary/aromatic N) is 2. The Kier molecular flexibility index (Phi) is 6.67. The van der Waals surface area contributed by atoms with E-state index in [-0.39, 0.29) is 11.0 Å². The van der Waals surface area contributed by atoms with Crippen molar-refractivity contribution in [3.8, 4) is 0 Å². The lowest BCUT2D eigenvalue weighted by atomic mass is 9.72. The molecule has 0 fully saturated rings. The standard InChI is InChI=1S/C29H32N2OS2/c1-29(2,3)22-14-15-23-24(18-22)34-26-25(23)27(32)31(19-21-12-8-5-9-13-21)28(30-26)33-17-16-20-10-6-4-7-11-20/h4-13,22H,14-19H2,1-3H3/t22-/m1/s1. The average molecular weight is 489 g/mol. The largest absolute Gasteiger partial charge is 0.283 e. The summed E-state index contributed by atoms with van der Waals surface area (Å²) in [6, 6.07) is 20.8. The summed E-state index contributed by atoms with van der Waals surface area (Å²) in [7, 11) is 0. The quantitative estimate of drug-likeness (QED) is 0.217. The highest BCUT2D eigenvalue weighted by molar-refractivity contribution is 7.99. The van der Waals surface area contributed by atoms with Crippen molar-refractivity contribution in [2.24, 2.45) is 11.3 Å². The van der Waals surface area contributed by atoms with Gasteiger partial charge in [-0.1, -0.05) is 93.2 Å². The van der Waals surface area contributed by atoms with Crippen LogP contribution in [0.5, 0.6) is 0 Å². The first-order valence-electron chi connectivity index (χ1n) is 12.2. The SMILES string of the molecule is CC(C)(C)[C@@H]1CCc2c(sc3nc(SCCc4ccccc4)n(Cc4ccccc4)c(=O)c23)C1. The van der Waals surface area contributed by atoms with E-state index in [1.54, 1.807) is 23.1 Å². The summed E-state index contributed by atoms with van der Waals surface area (Å²) >= 11 is 3.45. The van der Waals surface area contributed by atoms with Crippen molar-refractivity contribution in [1.82, 2.24) is 9.55 Å². The van der Waals surface area contributed by atoms with Gasteiger partial charge in [0.15, 0.2) is 5.16 Å². The van der Waals surface area contributed by atoms with E-state index in [0.29, 0.717) is 12.5 Å². The molecule has 5 heteroatoms. The van der Waals surface area contributed by atoms with Gasteiger partial charge in [-0.05, 0) is 53.7 Å². The van der Waals surface area contributed by atoms with Crippen LogP contribution >= 0.6 is 23.1 Å². The molecule has 176 valence electrons. The first-order chi connectivity index (χ1) is 16.4. The lowest BCUT2D eigenvalue weighted by molar-refractivity contribution is 0.218. The summed E-state index contributed by atoms with van der Waals surface area (Å²) in [5, 5.41) is 1.71. The minimum absolute atomic E-state index is 0.128. The fraction of sp³-hybridized carbons (Fsp3) is 0.379. The molecule has 34 heavy (non-hydrogen) atoms. The van der Waals surface area contributed by atoms with Crippen LogP contribution in [0.25, 0.3) is 10.2 Å². The molecule has 1 aliphatic rings. The van der Waals surface area contributed by atoms with E-state index in [1.807, 2.05) is 28.8 Å². The van der Waals surface area contributed by atoms with Crippen LogP contribution in [0.2, 0.25) is 0 Å². The summed E-state index contributed by atoms with van der Waals surface area (Å²) in [4.78, 5) is 21.3. The van der Waals surface area contributed by atoms with E-state index in [4.69, 9.17) is 4.98 Å². The Labute approximate surface area is 210 Å². The first kappa shape index (κ1) is 23.4. The number of rotatable bonds is 6. The van der Waals surface area contributed by atoms with Crippen LogP contribution in [-0.4, -0.2) is 15.3 Å². The predicted octanol–water partition coefficient (Wildman–Crippen LogP) is 6.99. The summed E-state index contributed by atoms with van der Waals surface area (Å²) in [5.41, 5.74) is 4.12. The average Bonchev–Trinajstić information content (AvgIpc) is 3.20. The lowest BCUT2D eigenvalue weighted by Crippen LogP contribution is -2.27. The minimum atomic E-state index is 0.128. The molecule has 2 aromatic carbocycles. The lowest BCUT2D eigenvalue weighted by Gasteiger charge is -2.33. The molecule has 0 spiro atoms. The van der Waals surface area contributed by atoms with Crippen LogP contribution in [0.3, 0.4) is 0 Å². The maximum Gasteiger partial charge on any atom is 0.263 e. The van der Waals surface area contributed by atoms with Gasteiger partial charge in [0.2, 0.25) is 0 Å². The number of thioether (sulfide) groups is 1. The minimum Gasteiger partial charge on any atom is -0.283 e. The Balaban J connectivity index is 1.52. The fourth-order valence-corrected chi connectivity index (χ4v) is 7.23. The second kappa shape index (κ2) is 9.71. The zero-order valence-electron chi connectivity index (χ0n) is 20.2. The van der Waals surface area contributed by atoms with Crippen LogP contribution in [0, 0.1) is 11.3 Å². The molecule has 1 aliphatic carbocycles. The van der Waals surface area contributed by atoms with Gasteiger partial charge >= 0.3 is 0 Å². The fourth-order valence-electron chi connectivity index (χ4n) is 4.90. The summed E-state index contributed by atoms with van der Waals surface area (Å²) in [6.07, 6.45) is 4.15. The number of benzene rings is 2. The zero-order chi connectivity index (χ0) is 23.7. The van der Waals surface area contributed by atoms with Crippen molar-refractivity contribution in [3.63, 3.8) is 0 Å². The number of aryl methyl sites for hydroxylation is 2. The third-order valence-corrected chi connectivity index (χ3v) is 9.13. The first-order valence-corrected chi connectivity index (χ1v) is 14.0. The molecule has 0 N–H and O–H groups in total. The second-order valence-corrected chi connectivity index (χ2v) is 12.5. The molecule has 3 nitrogen and oxygen atoms in total. The molecule has 5 rings (SSSR count). The number of hydrogen-bond donors (Lipinski definition) is 0. The van der Waals surface area contributed by atoms with Gasteiger partial charge in [-0.2, -0.15) is 0 Å². The monoisotopic (exact) mass is 488 g/mol. The summed E-state index contributed by atoms with van der Waals surface area (Å²) in [5.74, 6) is 1.55. The highest BCUT2D eigenvalue weighted by Gasteiger charge is 2.32. The van der Waals surface area contributed by atoms with Gasteiger partial charge in [-0.3, -0.25) is 9.36 Å². The van der Waals surface area contributed by atoms with Crippen molar-refractivity contribution >= 4 is 33.3 Å². The molecule has 0 radical (unpaired) electrons. The Hall–Kier alpha value is -2.37. The van der Waals surface area contributed by atoms with E-state index in [2.05, 4.69) is 57.2 Å². The van der Waals surface area contributed by atoms with Gasteiger partial charge in [-0.15, -0.1) is 11.3 Å². The molecule has 2 aromatic heterocycles. The van der Waals surface area contributed by atoms with E-state index in [0.717, 1.165) is 52.4 Å². The summed E-state index contributed by atoms with van der Waals surface area (Å²) < 4.78 is 1.91. The molecule has 2 heterocycles. The third-order valence-electron chi connectivity index (χ3n) is 7.01. The van der Waals surface area contributed by atoms with E-state index in [1.165, 1.54) is 16.0 Å². The Morgan fingerprint density at radius 2 is 1.71 bits per heavy atom. The Morgan fingerprint density at radius 1 is 1.03 bits per heavy atom. The molecule has 1 atom stereocenters. The zero-order valence-corrected chi connectivity index (χ0v) is 21.8. The molecule has 0 saturated heterocycles. The maximum absolute atomic E-state index is 13.9. The second-order valence-electron chi connectivity index (χ2n) is 10.3. The number of thiophene rings is 1. The molecular weight excluding hydrogens is 456 g/mol. The molecule has 0 unspecified atom stereocenters. The van der Waals surface area contributed by atoms with Crippen molar-refractivity contribution < 1.29 is 0 Å². The smallest absolute Gasteiger partial charge is 0.263 e. The number of fused-ring (bicyclic) bond motifs is 3. The Bertz CT molecular complexity index is 1330. The van der Waals surface area contributed by atoms with Gasteiger partial charge in [0.05, 0.1) is 11.9 Å². The highest BCUT2D eigenvalue weighted by atomic mass is 32.2. The van der Waals surface area contributed by atoms with Crippen LogP contribution in [-0.2, 0) is 25.8 Å². The van der Waals surface area contributed by atoms with Gasteiger partial charge in [0, 0.05) is 10.6 Å². The maximum atomic E-state index is 13.9. The third kappa shape index (κ3) is 4.87. The molecular formula is C29H32N2OS2.